The minimum Gasteiger partial charge on any atom is -0.455 e. The fraction of sp³-hybridized carbons (Fsp3) is 0.0870. The molecule has 0 spiro atoms. The van der Waals surface area contributed by atoms with Crippen molar-refractivity contribution in [3.8, 4) is 33.4 Å². The third kappa shape index (κ3) is 5.75. The number of hydrogen-bond donors (Lipinski definition) is 1. The molecule has 242 valence electrons. The zero-order valence-electron chi connectivity index (χ0n) is 28.4. The standard InChI is InChI=1S/C46H37N3O/c1-46(2,3)41-27-28-48-30-42(41)49(37-24-21-34(22-25-37)32-13-8-5-9-14-32)45(47)40-16-10-15-39-38-26-23-36(29-43(38)50-44(39)40)35-19-17-33(18-20-35)31-11-6-4-7-12-31/h4-30,47H,1-3H3. The lowest BCUT2D eigenvalue weighted by molar-refractivity contribution is 0.590. The molecule has 4 nitrogen and oxygen atoms in total. The molecule has 8 aromatic rings. The number of rotatable bonds is 6. The maximum absolute atomic E-state index is 9.84. The Morgan fingerprint density at radius 1 is 0.580 bits per heavy atom. The number of furan rings is 1. The van der Waals surface area contributed by atoms with Crippen molar-refractivity contribution in [2.45, 2.75) is 26.2 Å². The molecule has 1 N–H and O–H groups in total. The fourth-order valence-electron chi connectivity index (χ4n) is 6.79. The average molecular weight is 648 g/mol. The van der Waals surface area contributed by atoms with Crippen molar-refractivity contribution < 1.29 is 4.42 Å². The first kappa shape index (κ1) is 31.0. The van der Waals surface area contributed by atoms with E-state index in [4.69, 9.17) is 4.42 Å². The van der Waals surface area contributed by atoms with Gasteiger partial charge in [0.1, 0.15) is 17.0 Å². The fourth-order valence-corrected chi connectivity index (χ4v) is 6.79. The van der Waals surface area contributed by atoms with Gasteiger partial charge in [-0.25, -0.2) is 0 Å². The summed E-state index contributed by atoms with van der Waals surface area (Å²) in [4.78, 5) is 6.55. The molecule has 0 aliphatic heterocycles. The van der Waals surface area contributed by atoms with E-state index in [1.807, 2.05) is 41.6 Å². The Bertz CT molecular complexity index is 2460. The van der Waals surface area contributed by atoms with Crippen LogP contribution in [0.15, 0.2) is 168 Å². The van der Waals surface area contributed by atoms with E-state index in [1.165, 1.54) is 11.1 Å². The van der Waals surface area contributed by atoms with E-state index < -0.39 is 0 Å². The van der Waals surface area contributed by atoms with E-state index in [-0.39, 0.29) is 5.41 Å². The highest BCUT2D eigenvalue weighted by Crippen LogP contribution is 2.40. The molecule has 0 aliphatic carbocycles. The maximum Gasteiger partial charge on any atom is 0.146 e. The number of anilines is 2. The predicted octanol–water partition coefficient (Wildman–Crippen LogP) is 12.4. The van der Waals surface area contributed by atoms with Crippen molar-refractivity contribution in [1.82, 2.24) is 4.98 Å². The number of nitrogens with one attached hydrogen (secondary N) is 1. The third-order valence-corrected chi connectivity index (χ3v) is 9.38. The molecule has 4 heteroatoms. The van der Waals surface area contributed by atoms with Crippen molar-refractivity contribution in [2.24, 2.45) is 0 Å². The lowest BCUT2D eigenvalue weighted by Gasteiger charge is -2.31. The van der Waals surface area contributed by atoms with E-state index in [0.29, 0.717) is 17.0 Å². The number of nitrogens with zero attached hydrogens (tertiary/aromatic N) is 2. The quantitative estimate of drug-likeness (QED) is 0.144. The largest absolute Gasteiger partial charge is 0.455 e. The van der Waals surface area contributed by atoms with Crippen LogP contribution in [-0.2, 0) is 5.41 Å². The minimum atomic E-state index is -0.179. The highest BCUT2D eigenvalue weighted by Gasteiger charge is 2.27. The van der Waals surface area contributed by atoms with Crippen LogP contribution in [0.3, 0.4) is 0 Å². The predicted molar refractivity (Wildman–Crippen MR) is 208 cm³/mol. The van der Waals surface area contributed by atoms with Crippen LogP contribution in [-0.4, -0.2) is 10.8 Å². The second-order valence-electron chi connectivity index (χ2n) is 13.7. The van der Waals surface area contributed by atoms with Crippen molar-refractivity contribution in [3.05, 3.63) is 175 Å². The van der Waals surface area contributed by atoms with Gasteiger partial charge >= 0.3 is 0 Å². The van der Waals surface area contributed by atoms with E-state index in [9.17, 15) is 5.41 Å². The topological polar surface area (TPSA) is 53.1 Å². The third-order valence-electron chi connectivity index (χ3n) is 9.38. The van der Waals surface area contributed by atoms with Gasteiger partial charge < -0.3 is 4.42 Å². The first-order valence-corrected chi connectivity index (χ1v) is 17.0. The molecule has 6 aromatic carbocycles. The number of hydrogen-bond acceptors (Lipinski definition) is 3. The zero-order valence-corrected chi connectivity index (χ0v) is 28.4. The monoisotopic (exact) mass is 647 g/mol. The molecular weight excluding hydrogens is 611 g/mol. The second-order valence-corrected chi connectivity index (χ2v) is 13.7. The number of benzene rings is 6. The van der Waals surface area contributed by atoms with Crippen molar-refractivity contribution >= 4 is 39.1 Å². The van der Waals surface area contributed by atoms with Gasteiger partial charge in [-0.3, -0.25) is 15.3 Å². The number of amidine groups is 1. The Kier molecular flexibility index (Phi) is 7.85. The van der Waals surface area contributed by atoms with E-state index >= 15 is 0 Å². The van der Waals surface area contributed by atoms with Crippen LogP contribution in [0.25, 0.3) is 55.3 Å². The molecular formula is C46H37N3O. The molecule has 0 unspecified atom stereocenters. The van der Waals surface area contributed by atoms with Gasteiger partial charge in [-0.05, 0) is 80.8 Å². The number of pyridine rings is 1. The number of fused-ring (bicyclic) bond motifs is 3. The van der Waals surface area contributed by atoms with Gasteiger partial charge in [0.2, 0.25) is 0 Å². The molecule has 2 aromatic heterocycles. The van der Waals surface area contributed by atoms with Crippen LogP contribution in [0.2, 0.25) is 0 Å². The lowest BCUT2D eigenvalue weighted by Crippen LogP contribution is -2.29. The SMILES string of the molecule is CC(C)(C)c1ccncc1N(C(=N)c1cccc2c1oc1cc(-c3ccc(-c4ccccc4)cc3)ccc12)c1ccc(-c2ccccc2)cc1. The summed E-state index contributed by atoms with van der Waals surface area (Å²) in [6.45, 7) is 6.58. The van der Waals surface area contributed by atoms with Crippen molar-refractivity contribution in [2.75, 3.05) is 4.90 Å². The summed E-state index contributed by atoms with van der Waals surface area (Å²) in [6, 6.07) is 52.4. The Balaban J connectivity index is 1.22. The summed E-state index contributed by atoms with van der Waals surface area (Å²) < 4.78 is 6.67. The van der Waals surface area contributed by atoms with Crippen molar-refractivity contribution in [3.63, 3.8) is 0 Å². The van der Waals surface area contributed by atoms with Crippen LogP contribution in [0.4, 0.5) is 11.4 Å². The molecule has 0 saturated heterocycles. The van der Waals surface area contributed by atoms with Gasteiger partial charge in [0, 0.05) is 22.7 Å². The average Bonchev–Trinajstić information content (AvgIpc) is 3.54. The zero-order chi connectivity index (χ0) is 34.2. The van der Waals surface area contributed by atoms with Gasteiger partial charge in [-0.1, -0.05) is 136 Å². The molecule has 0 radical (unpaired) electrons. The van der Waals surface area contributed by atoms with E-state index in [1.54, 1.807) is 0 Å². The normalized spacial score (nSPS) is 11.6. The van der Waals surface area contributed by atoms with Crippen LogP contribution in [0, 0.1) is 5.41 Å². The van der Waals surface area contributed by atoms with Crippen LogP contribution < -0.4 is 4.90 Å². The minimum absolute atomic E-state index is 0.179. The summed E-state index contributed by atoms with van der Waals surface area (Å²) in [5.74, 6) is 0.317. The van der Waals surface area contributed by atoms with Crippen molar-refractivity contribution in [1.29, 1.82) is 5.41 Å². The molecule has 0 fully saturated rings. The van der Waals surface area contributed by atoms with Gasteiger partial charge in [0.15, 0.2) is 0 Å². The van der Waals surface area contributed by atoms with Gasteiger partial charge in [-0.2, -0.15) is 0 Å². The Morgan fingerprint density at radius 3 is 1.76 bits per heavy atom. The second kappa shape index (κ2) is 12.6. The Morgan fingerprint density at radius 2 is 1.14 bits per heavy atom. The van der Waals surface area contributed by atoms with Crippen LogP contribution in [0.1, 0.15) is 31.9 Å². The molecule has 0 saturated carbocycles. The Hall–Kier alpha value is -6.26. The maximum atomic E-state index is 9.84. The Labute approximate surface area is 292 Å². The molecule has 0 amide bonds. The molecule has 0 bridgehead atoms. The summed E-state index contributed by atoms with van der Waals surface area (Å²) in [5.41, 5.74) is 11.7. The first-order valence-electron chi connectivity index (χ1n) is 17.0. The lowest BCUT2D eigenvalue weighted by atomic mass is 9.86. The molecule has 0 atom stereocenters. The van der Waals surface area contributed by atoms with Crippen LogP contribution in [0.5, 0.6) is 0 Å². The van der Waals surface area contributed by atoms with E-state index in [2.05, 4.69) is 153 Å². The number of para-hydroxylation sites is 1. The molecule has 0 aliphatic rings. The summed E-state index contributed by atoms with van der Waals surface area (Å²) in [6.07, 6.45) is 3.70. The smallest absolute Gasteiger partial charge is 0.146 e. The number of aromatic nitrogens is 1. The summed E-state index contributed by atoms with van der Waals surface area (Å²) in [5, 5.41) is 11.8. The molecule has 8 rings (SSSR count). The first-order chi connectivity index (χ1) is 24.3. The highest BCUT2D eigenvalue weighted by molar-refractivity contribution is 6.21. The van der Waals surface area contributed by atoms with Gasteiger partial charge in [0.05, 0.1) is 17.4 Å². The molecule has 2 heterocycles. The van der Waals surface area contributed by atoms with Gasteiger partial charge in [0.25, 0.3) is 0 Å². The van der Waals surface area contributed by atoms with Gasteiger partial charge in [-0.15, -0.1) is 0 Å². The highest BCUT2D eigenvalue weighted by atomic mass is 16.3. The van der Waals surface area contributed by atoms with E-state index in [0.717, 1.165) is 55.5 Å². The summed E-state index contributed by atoms with van der Waals surface area (Å²) in [7, 11) is 0. The summed E-state index contributed by atoms with van der Waals surface area (Å²) >= 11 is 0. The molecule has 50 heavy (non-hydrogen) atoms. The van der Waals surface area contributed by atoms with Crippen LogP contribution >= 0.6 is 0 Å².